The van der Waals surface area contributed by atoms with E-state index in [0.717, 1.165) is 47.1 Å². The molecule has 4 nitrogen and oxygen atoms in total. The standard InChI is InChI=1S/C22H23NO3/c24-15-16(25)8-2-1-7-13-23-22(26)14-21-19-11-5-3-9-17(19)18-10-4-6-12-20(18)21/h3-6,9-12,14,24H,1-2,7-8,13,15H2,(H,23,26). The maximum atomic E-state index is 12.3. The highest BCUT2D eigenvalue weighted by Gasteiger charge is 2.22. The first-order chi connectivity index (χ1) is 12.7. The first-order valence-corrected chi connectivity index (χ1v) is 9.02. The molecule has 0 spiro atoms. The molecule has 0 aliphatic heterocycles. The molecule has 1 aliphatic rings. The first-order valence-electron chi connectivity index (χ1n) is 9.02. The molecule has 0 radical (unpaired) electrons. The summed E-state index contributed by atoms with van der Waals surface area (Å²) in [7, 11) is 0. The third-order valence-electron chi connectivity index (χ3n) is 4.61. The molecule has 3 rings (SSSR count). The molecule has 4 heteroatoms. The SMILES string of the molecule is O=C(CO)CCCCCNC(=O)C=C1c2ccccc2-c2ccccc21. The first kappa shape index (κ1) is 18.1. The summed E-state index contributed by atoms with van der Waals surface area (Å²) >= 11 is 0. The number of hydrogen-bond donors (Lipinski definition) is 2. The van der Waals surface area contributed by atoms with Crippen molar-refractivity contribution in [2.45, 2.75) is 25.7 Å². The predicted molar refractivity (Wildman–Crippen MR) is 103 cm³/mol. The average Bonchev–Trinajstić information content (AvgIpc) is 2.98. The maximum Gasteiger partial charge on any atom is 0.244 e. The molecule has 0 saturated heterocycles. The Hall–Kier alpha value is -2.72. The molecule has 2 N–H and O–H groups in total. The van der Waals surface area contributed by atoms with E-state index in [2.05, 4.69) is 17.4 Å². The van der Waals surface area contributed by atoms with Crippen LogP contribution in [0.2, 0.25) is 0 Å². The van der Waals surface area contributed by atoms with E-state index in [0.29, 0.717) is 13.0 Å². The molecule has 0 fully saturated rings. The monoisotopic (exact) mass is 349 g/mol. The zero-order valence-electron chi connectivity index (χ0n) is 14.7. The normalized spacial score (nSPS) is 11.7. The number of rotatable bonds is 8. The molecule has 1 aliphatic carbocycles. The highest BCUT2D eigenvalue weighted by Crippen LogP contribution is 2.43. The van der Waals surface area contributed by atoms with Gasteiger partial charge in [0.05, 0.1) is 0 Å². The molecular formula is C22H23NO3. The number of Topliss-reactive ketones (excluding diaryl/α,β-unsaturated/α-hetero) is 1. The number of aliphatic hydroxyl groups excluding tert-OH is 1. The molecule has 2 aromatic carbocycles. The van der Waals surface area contributed by atoms with Crippen molar-refractivity contribution in [2.24, 2.45) is 0 Å². The van der Waals surface area contributed by atoms with Gasteiger partial charge in [-0.05, 0) is 40.7 Å². The van der Waals surface area contributed by atoms with Gasteiger partial charge in [0.25, 0.3) is 0 Å². The van der Waals surface area contributed by atoms with Gasteiger partial charge in [-0.2, -0.15) is 0 Å². The molecule has 0 bridgehead atoms. The van der Waals surface area contributed by atoms with Crippen LogP contribution in [-0.4, -0.2) is 29.9 Å². The zero-order valence-corrected chi connectivity index (χ0v) is 14.7. The van der Waals surface area contributed by atoms with Crippen molar-refractivity contribution in [1.29, 1.82) is 0 Å². The van der Waals surface area contributed by atoms with E-state index < -0.39 is 0 Å². The summed E-state index contributed by atoms with van der Waals surface area (Å²) in [6, 6.07) is 16.3. The predicted octanol–water partition coefficient (Wildman–Crippen LogP) is 3.34. The second-order valence-corrected chi connectivity index (χ2v) is 6.45. The summed E-state index contributed by atoms with van der Waals surface area (Å²) < 4.78 is 0. The van der Waals surface area contributed by atoms with Crippen LogP contribution in [0.15, 0.2) is 54.6 Å². The molecule has 26 heavy (non-hydrogen) atoms. The van der Waals surface area contributed by atoms with Gasteiger partial charge in [-0.1, -0.05) is 55.0 Å². The lowest BCUT2D eigenvalue weighted by Gasteiger charge is -2.05. The van der Waals surface area contributed by atoms with Gasteiger partial charge in [-0.3, -0.25) is 9.59 Å². The molecular weight excluding hydrogens is 326 g/mol. The van der Waals surface area contributed by atoms with E-state index in [9.17, 15) is 9.59 Å². The number of aliphatic hydroxyl groups is 1. The molecule has 0 aromatic heterocycles. The van der Waals surface area contributed by atoms with Crippen LogP contribution >= 0.6 is 0 Å². The Kier molecular flexibility index (Phi) is 5.97. The lowest BCUT2D eigenvalue weighted by molar-refractivity contribution is -0.122. The number of ketones is 1. The van der Waals surface area contributed by atoms with Crippen molar-refractivity contribution >= 4 is 17.3 Å². The average molecular weight is 349 g/mol. The van der Waals surface area contributed by atoms with Gasteiger partial charge in [-0.15, -0.1) is 0 Å². The van der Waals surface area contributed by atoms with E-state index in [1.54, 1.807) is 6.08 Å². The lowest BCUT2D eigenvalue weighted by Crippen LogP contribution is -2.22. The summed E-state index contributed by atoms with van der Waals surface area (Å²) in [5.41, 5.74) is 5.46. The van der Waals surface area contributed by atoms with Crippen molar-refractivity contribution in [3.8, 4) is 11.1 Å². The summed E-state index contributed by atoms with van der Waals surface area (Å²) in [5.74, 6) is -0.227. The van der Waals surface area contributed by atoms with Crippen molar-refractivity contribution in [2.75, 3.05) is 13.2 Å². The lowest BCUT2D eigenvalue weighted by atomic mass is 10.0. The van der Waals surface area contributed by atoms with Gasteiger partial charge in [0.15, 0.2) is 5.78 Å². The van der Waals surface area contributed by atoms with E-state index in [1.165, 1.54) is 0 Å². The number of carbonyl (C=O) groups excluding carboxylic acids is 2. The van der Waals surface area contributed by atoms with Crippen LogP contribution in [0.3, 0.4) is 0 Å². The zero-order chi connectivity index (χ0) is 18.4. The minimum Gasteiger partial charge on any atom is -0.389 e. The smallest absolute Gasteiger partial charge is 0.244 e. The number of amides is 1. The van der Waals surface area contributed by atoms with Crippen molar-refractivity contribution in [3.63, 3.8) is 0 Å². The van der Waals surface area contributed by atoms with Crippen molar-refractivity contribution in [3.05, 3.63) is 65.7 Å². The third-order valence-corrected chi connectivity index (χ3v) is 4.61. The molecule has 1 amide bonds. The van der Waals surface area contributed by atoms with E-state index in [4.69, 9.17) is 5.11 Å². The van der Waals surface area contributed by atoms with Crippen LogP contribution in [0.25, 0.3) is 16.7 Å². The van der Waals surface area contributed by atoms with Gasteiger partial charge in [-0.25, -0.2) is 0 Å². The fourth-order valence-electron chi connectivity index (χ4n) is 3.30. The molecule has 134 valence electrons. The highest BCUT2D eigenvalue weighted by atomic mass is 16.3. The number of nitrogens with one attached hydrogen (secondary N) is 1. The Labute approximate surface area is 153 Å². The Morgan fingerprint density at radius 2 is 1.42 bits per heavy atom. The summed E-state index contributed by atoms with van der Waals surface area (Å²) in [6.45, 7) is 0.201. The van der Waals surface area contributed by atoms with Crippen LogP contribution in [-0.2, 0) is 9.59 Å². The van der Waals surface area contributed by atoms with Gasteiger partial charge < -0.3 is 10.4 Å². The van der Waals surface area contributed by atoms with Crippen molar-refractivity contribution < 1.29 is 14.7 Å². The van der Waals surface area contributed by atoms with Gasteiger partial charge >= 0.3 is 0 Å². The molecule has 0 atom stereocenters. The summed E-state index contributed by atoms with van der Waals surface area (Å²) in [4.78, 5) is 23.4. The van der Waals surface area contributed by atoms with E-state index >= 15 is 0 Å². The van der Waals surface area contributed by atoms with Crippen LogP contribution < -0.4 is 5.32 Å². The van der Waals surface area contributed by atoms with Crippen LogP contribution in [0.1, 0.15) is 36.8 Å². The fourth-order valence-corrected chi connectivity index (χ4v) is 3.30. The number of fused-ring (bicyclic) bond motifs is 3. The highest BCUT2D eigenvalue weighted by molar-refractivity contribution is 6.08. The van der Waals surface area contributed by atoms with Crippen LogP contribution in [0.4, 0.5) is 0 Å². The minimum atomic E-state index is -0.382. The van der Waals surface area contributed by atoms with Crippen LogP contribution in [0.5, 0.6) is 0 Å². The Morgan fingerprint density at radius 1 is 0.846 bits per heavy atom. The van der Waals surface area contributed by atoms with Gasteiger partial charge in [0, 0.05) is 19.0 Å². The molecule has 0 saturated carbocycles. The van der Waals surface area contributed by atoms with E-state index in [1.807, 2.05) is 36.4 Å². The Morgan fingerprint density at radius 3 is 2.00 bits per heavy atom. The summed E-state index contributed by atoms with van der Waals surface area (Å²) in [5, 5.41) is 11.6. The second kappa shape index (κ2) is 8.59. The number of unbranched alkanes of at least 4 members (excludes halogenated alkanes) is 2. The third kappa shape index (κ3) is 4.09. The fraction of sp³-hybridized carbons (Fsp3) is 0.273. The Balaban J connectivity index is 1.59. The molecule has 2 aromatic rings. The van der Waals surface area contributed by atoms with Gasteiger partial charge in [0.1, 0.15) is 6.61 Å². The minimum absolute atomic E-state index is 0.0991. The number of benzene rings is 2. The number of carbonyl (C=O) groups is 2. The van der Waals surface area contributed by atoms with Gasteiger partial charge in [0.2, 0.25) is 5.91 Å². The second-order valence-electron chi connectivity index (χ2n) is 6.45. The van der Waals surface area contributed by atoms with Crippen LogP contribution in [0, 0.1) is 0 Å². The van der Waals surface area contributed by atoms with Crippen molar-refractivity contribution in [1.82, 2.24) is 5.32 Å². The molecule has 0 unspecified atom stereocenters. The molecule has 0 heterocycles. The topological polar surface area (TPSA) is 66.4 Å². The largest absolute Gasteiger partial charge is 0.389 e. The maximum absolute atomic E-state index is 12.3. The number of hydrogen-bond acceptors (Lipinski definition) is 3. The quantitative estimate of drug-likeness (QED) is 0.484. The van der Waals surface area contributed by atoms with E-state index in [-0.39, 0.29) is 18.3 Å². The summed E-state index contributed by atoms with van der Waals surface area (Å²) in [6.07, 6.45) is 4.51. The Bertz CT molecular complexity index is 791.